The maximum absolute atomic E-state index is 12.2. The Hall–Kier alpha value is -3.64. The maximum atomic E-state index is 12.2. The fraction of sp³-hybridized carbons (Fsp3) is 0.250. The third-order valence-corrected chi connectivity index (χ3v) is 8.88. The first kappa shape index (κ1) is 25.5. The average molecular weight is 527 g/mol. The number of nitrogens with zero attached hydrogens (tertiary/aromatic N) is 4. The predicted octanol–water partition coefficient (Wildman–Crippen LogP) is 5.63. The van der Waals surface area contributed by atoms with Crippen LogP contribution in [0.15, 0.2) is 60.9 Å². The van der Waals surface area contributed by atoms with E-state index in [4.69, 9.17) is 0 Å². The highest BCUT2D eigenvalue weighted by Gasteiger charge is 2.30. The lowest BCUT2D eigenvalue weighted by atomic mass is 10.1. The minimum Gasteiger partial charge on any atom is -0.287 e. The molecule has 0 saturated carbocycles. The van der Waals surface area contributed by atoms with Crippen LogP contribution < -0.4 is 0 Å². The molecule has 2 atom stereocenters. The second-order valence-electron chi connectivity index (χ2n) is 8.18. The van der Waals surface area contributed by atoms with Gasteiger partial charge in [-0.25, -0.2) is 0 Å². The molecule has 2 unspecified atom stereocenters. The van der Waals surface area contributed by atoms with Crippen molar-refractivity contribution in [2.75, 3.05) is 13.1 Å². The molecule has 0 N–H and O–H groups in total. The first-order chi connectivity index (χ1) is 17.2. The summed E-state index contributed by atoms with van der Waals surface area (Å²) in [6.45, 7) is 1.98. The van der Waals surface area contributed by atoms with E-state index in [1.54, 1.807) is 60.9 Å². The number of hydrogen-bond acceptors (Lipinski definition) is 8. The predicted molar refractivity (Wildman–Crippen MR) is 141 cm³/mol. The van der Waals surface area contributed by atoms with E-state index in [1.165, 1.54) is 44.6 Å². The third-order valence-electron chi connectivity index (χ3n) is 5.78. The summed E-state index contributed by atoms with van der Waals surface area (Å²) in [5.41, 5.74) is 2.51. The van der Waals surface area contributed by atoms with Gasteiger partial charge in [-0.05, 0) is 23.3 Å². The number of benzene rings is 2. The van der Waals surface area contributed by atoms with Gasteiger partial charge in [0.1, 0.15) is 10.5 Å². The van der Waals surface area contributed by atoms with Crippen molar-refractivity contribution in [3.63, 3.8) is 0 Å². The Kier molecular flexibility index (Phi) is 7.45. The molecule has 4 rings (SSSR count). The van der Waals surface area contributed by atoms with Gasteiger partial charge in [-0.2, -0.15) is 0 Å². The standard InChI is InChI=1S/C24H22N4O6S2/c1-15(29)25-11-19(17-7-3-5-9-21(17)25)23(13-27(31)32)35-36-24(14-28(33)34)20-12-26(16(2)30)22-10-6-4-8-18(20)22/h3-12,23-24H,13-14H2,1-2H3. The lowest BCUT2D eigenvalue weighted by molar-refractivity contribution is -0.479. The van der Waals surface area contributed by atoms with Crippen molar-refractivity contribution in [2.45, 2.75) is 24.3 Å². The molecular weight excluding hydrogens is 504 g/mol. The number of para-hydroxylation sites is 2. The van der Waals surface area contributed by atoms with Crippen LogP contribution in [0.1, 0.15) is 45.1 Å². The molecule has 0 bridgehead atoms. The fourth-order valence-corrected chi connectivity index (χ4v) is 7.22. The Bertz CT molecular complexity index is 1380. The maximum Gasteiger partial charge on any atom is 0.227 e. The van der Waals surface area contributed by atoms with Crippen LogP contribution in [0, 0.1) is 20.2 Å². The summed E-state index contributed by atoms with van der Waals surface area (Å²) in [4.78, 5) is 46.6. The highest BCUT2D eigenvalue weighted by Crippen LogP contribution is 2.49. The minimum atomic E-state index is -0.675. The van der Waals surface area contributed by atoms with Gasteiger partial charge in [-0.15, -0.1) is 0 Å². The Morgan fingerprint density at radius 1 is 0.750 bits per heavy atom. The first-order valence-electron chi connectivity index (χ1n) is 10.9. The molecule has 2 heterocycles. The molecule has 0 saturated heterocycles. The highest BCUT2D eigenvalue weighted by atomic mass is 33.1. The molecular formula is C24H22N4O6S2. The molecule has 0 amide bonds. The van der Waals surface area contributed by atoms with Crippen molar-refractivity contribution in [3.8, 4) is 0 Å². The van der Waals surface area contributed by atoms with Gasteiger partial charge in [0.05, 0.1) is 11.0 Å². The van der Waals surface area contributed by atoms with Crippen LogP contribution in [0.4, 0.5) is 0 Å². The van der Waals surface area contributed by atoms with Crippen molar-refractivity contribution >= 4 is 55.2 Å². The molecule has 0 aliphatic carbocycles. The van der Waals surface area contributed by atoms with E-state index in [9.17, 15) is 29.8 Å². The van der Waals surface area contributed by atoms with Crippen molar-refractivity contribution < 1.29 is 19.4 Å². The van der Waals surface area contributed by atoms with Gasteiger partial charge in [0.15, 0.2) is 0 Å². The zero-order valence-corrected chi connectivity index (χ0v) is 21.0. The van der Waals surface area contributed by atoms with E-state index in [-0.39, 0.29) is 11.8 Å². The van der Waals surface area contributed by atoms with Gasteiger partial charge in [-0.1, -0.05) is 58.0 Å². The molecule has 4 aromatic rings. The van der Waals surface area contributed by atoms with Crippen molar-refractivity contribution in [3.05, 3.63) is 92.3 Å². The van der Waals surface area contributed by atoms with Crippen LogP contribution in [0.5, 0.6) is 0 Å². The van der Waals surface area contributed by atoms with Gasteiger partial charge in [0.25, 0.3) is 0 Å². The van der Waals surface area contributed by atoms with Gasteiger partial charge >= 0.3 is 0 Å². The smallest absolute Gasteiger partial charge is 0.227 e. The summed E-state index contributed by atoms with van der Waals surface area (Å²) < 4.78 is 2.91. The zero-order chi connectivity index (χ0) is 26.0. The number of fused-ring (bicyclic) bond motifs is 2. The van der Waals surface area contributed by atoms with Gasteiger partial charge in [0.2, 0.25) is 24.9 Å². The summed E-state index contributed by atoms with van der Waals surface area (Å²) in [5, 5.41) is 23.2. The van der Waals surface area contributed by atoms with Crippen molar-refractivity contribution in [1.82, 2.24) is 9.13 Å². The molecule has 0 fully saturated rings. The van der Waals surface area contributed by atoms with E-state index in [0.717, 1.165) is 0 Å². The number of nitro groups is 2. The molecule has 0 radical (unpaired) electrons. The molecule has 2 aromatic carbocycles. The molecule has 10 nitrogen and oxygen atoms in total. The summed E-state index contributed by atoms with van der Waals surface area (Å²) in [7, 11) is 2.33. The number of aromatic nitrogens is 2. The number of hydrogen-bond donors (Lipinski definition) is 0. The molecule has 0 aliphatic rings. The summed E-state index contributed by atoms with van der Waals surface area (Å²) in [5.74, 6) is -0.448. The number of carbonyl (C=O) groups is 2. The molecule has 2 aromatic heterocycles. The van der Waals surface area contributed by atoms with Crippen LogP contribution >= 0.6 is 21.6 Å². The summed E-state index contributed by atoms with van der Waals surface area (Å²) in [6.07, 6.45) is 3.22. The highest BCUT2D eigenvalue weighted by molar-refractivity contribution is 8.76. The van der Waals surface area contributed by atoms with E-state index in [2.05, 4.69) is 0 Å². The van der Waals surface area contributed by atoms with Crippen LogP contribution in [0.2, 0.25) is 0 Å². The zero-order valence-electron chi connectivity index (χ0n) is 19.4. The van der Waals surface area contributed by atoms with Gasteiger partial charge < -0.3 is 0 Å². The normalized spacial score (nSPS) is 13.1. The van der Waals surface area contributed by atoms with Gasteiger partial charge in [-0.3, -0.25) is 39.0 Å². The number of rotatable bonds is 9. The Balaban J connectivity index is 1.73. The van der Waals surface area contributed by atoms with E-state index < -0.39 is 33.4 Å². The average Bonchev–Trinajstić information content (AvgIpc) is 3.40. The monoisotopic (exact) mass is 526 g/mol. The lowest BCUT2D eigenvalue weighted by Crippen LogP contribution is -2.12. The Labute approximate surface area is 213 Å². The van der Waals surface area contributed by atoms with Crippen LogP contribution in [0.3, 0.4) is 0 Å². The quantitative estimate of drug-likeness (QED) is 0.156. The minimum absolute atomic E-state index is 0.224. The SMILES string of the molecule is CC(=O)n1cc(C(C[N+](=O)[O-])SSC(C[N+](=O)[O-])c2cn(C(C)=O)c3ccccc23)c2ccccc21. The second kappa shape index (κ2) is 10.5. The summed E-state index contributed by atoms with van der Waals surface area (Å²) >= 11 is 0. The van der Waals surface area contributed by atoms with Crippen LogP contribution in [-0.4, -0.2) is 43.9 Å². The molecule has 186 valence electrons. The topological polar surface area (TPSA) is 130 Å². The first-order valence-corrected chi connectivity index (χ1v) is 13.2. The largest absolute Gasteiger partial charge is 0.287 e. The van der Waals surface area contributed by atoms with Crippen LogP contribution in [-0.2, 0) is 0 Å². The lowest BCUT2D eigenvalue weighted by Gasteiger charge is -2.16. The number of carbonyl (C=O) groups excluding carboxylic acids is 2. The van der Waals surface area contributed by atoms with Crippen LogP contribution in [0.25, 0.3) is 21.8 Å². The van der Waals surface area contributed by atoms with Crippen molar-refractivity contribution in [2.24, 2.45) is 0 Å². The third kappa shape index (κ3) is 5.14. The fourth-order valence-electron chi connectivity index (χ4n) is 4.21. The summed E-state index contributed by atoms with van der Waals surface area (Å²) in [6, 6.07) is 14.3. The van der Waals surface area contributed by atoms with E-state index in [1.807, 2.05) is 0 Å². The Morgan fingerprint density at radius 2 is 1.11 bits per heavy atom. The Morgan fingerprint density at radius 3 is 1.44 bits per heavy atom. The molecule has 36 heavy (non-hydrogen) atoms. The van der Waals surface area contributed by atoms with Gasteiger partial charge in [0, 0.05) is 46.9 Å². The second-order valence-corrected chi connectivity index (χ2v) is 10.9. The van der Waals surface area contributed by atoms with E-state index >= 15 is 0 Å². The van der Waals surface area contributed by atoms with Crippen molar-refractivity contribution in [1.29, 1.82) is 0 Å². The molecule has 0 spiro atoms. The molecule has 0 aliphatic heterocycles. The van der Waals surface area contributed by atoms with E-state index in [0.29, 0.717) is 32.9 Å². The molecule has 12 heteroatoms.